The van der Waals surface area contributed by atoms with E-state index >= 15 is 0 Å². The summed E-state index contributed by atoms with van der Waals surface area (Å²) in [5, 5.41) is -0.0952. The van der Waals surface area contributed by atoms with E-state index in [2.05, 4.69) is 22.9 Å². The molecule has 4 heteroatoms. The van der Waals surface area contributed by atoms with Gasteiger partial charge in [0.05, 0.1) is 29.2 Å². The first-order valence-electron chi connectivity index (χ1n) is 5.74. The molecule has 1 aliphatic heterocycles. The van der Waals surface area contributed by atoms with Gasteiger partial charge < -0.3 is 9.47 Å². The molecule has 0 bridgehead atoms. The minimum Gasteiger partial charge on any atom is -0.496 e. The van der Waals surface area contributed by atoms with Crippen molar-refractivity contribution in [3.8, 4) is 5.75 Å². The van der Waals surface area contributed by atoms with Crippen molar-refractivity contribution in [2.24, 2.45) is 0 Å². The SMILES string of the molecule is COc1ccc(C(Cl)C2CCC(C)O2)cc1Br. The Kier molecular flexibility index (Phi) is 4.34. The first kappa shape index (κ1) is 13.2. The van der Waals surface area contributed by atoms with Gasteiger partial charge in [-0.15, -0.1) is 11.6 Å². The third kappa shape index (κ3) is 2.95. The number of ether oxygens (including phenoxy) is 2. The van der Waals surface area contributed by atoms with Crippen LogP contribution in [0.4, 0.5) is 0 Å². The summed E-state index contributed by atoms with van der Waals surface area (Å²) in [5.74, 6) is 0.818. The molecule has 0 spiro atoms. The van der Waals surface area contributed by atoms with Gasteiger partial charge in [0.15, 0.2) is 0 Å². The number of rotatable bonds is 3. The molecule has 0 radical (unpaired) electrons. The monoisotopic (exact) mass is 318 g/mol. The van der Waals surface area contributed by atoms with E-state index in [9.17, 15) is 0 Å². The van der Waals surface area contributed by atoms with E-state index in [-0.39, 0.29) is 11.5 Å². The van der Waals surface area contributed by atoms with Crippen molar-refractivity contribution in [1.82, 2.24) is 0 Å². The normalized spacial score (nSPS) is 25.9. The summed E-state index contributed by atoms with van der Waals surface area (Å²) in [7, 11) is 1.65. The van der Waals surface area contributed by atoms with Gasteiger partial charge in [0.25, 0.3) is 0 Å². The van der Waals surface area contributed by atoms with Gasteiger partial charge in [-0.3, -0.25) is 0 Å². The average Bonchev–Trinajstić information content (AvgIpc) is 2.75. The van der Waals surface area contributed by atoms with Crippen molar-refractivity contribution >= 4 is 27.5 Å². The Bertz CT molecular complexity index is 397. The summed E-state index contributed by atoms with van der Waals surface area (Å²) < 4.78 is 11.9. The fourth-order valence-corrected chi connectivity index (χ4v) is 3.00. The third-order valence-electron chi connectivity index (χ3n) is 3.09. The number of halogens is 2. The van der Waals surface area contributed by atoms with Crippen molar-refractivity contribution in [3.63, 3.8) is 0 Å². The number of hydrogen-bond donors (Lipinski definition) is 0. The first-order valence-corrected chi connectivity index (χ1v) is 6.97. The van der Waals surface area contributed by atoms with E-state index in [4.69, 9.17) is 21.1 Å². The predicted molar refractivity (Wildman–Crippen MR) is 72.9 cm³/mol. The molecule has 0 N–H and O–H groups in total. The highest BCUT2D eigenvalue weighted by Crippen LogP contribution is 2.37. The largest absolute Gasteiger partial charge is 0.496 e. The van der Waals surface area contributed by atoms with Crippen LogP contribution in [0.2, 0.25) is 0 Å². The van der Waals surface area contributed by atoms with E-state index in [0.717, 1.165) is 28.6 Å². The molecule has 3 unspecified atom stereocenters. The van der Waals surface area contributed by atoms with Crippen LogP contribution in [0, 0.1) is 0 Å². The summed E-state index contributed by atoms with van der Waals surface area (Å²) in [6.07, 6.45) is 2.55. The zero-order valence-corrected chi connectivity index (χ0v) is 12.3. The van der Waals surface area contributed by atoms with E-state index in [0.29, 0.717) is 6.10 Å². The summed E-state index contributed by atoms with van der Waals surface area (Å²) >= 11 is 9.93. The second-order valence-electron chi connectivity index (χ2n) is 4.36. The molecule has 2 rings (SSSR count). The Balaban J connectivity index is 2.14. The highest BCUT2D eigenvalue weighted by molar-refractivity contribution is 9.10. The Morgan fingerprint density at radius 3 is 2.76 bits per heavy atom. The molecule has 0 aliphatic carbocycles. The highest BCUT2D eigenvalue weighted by Gasteiger charge is 2.29. The lowest BCUT2D eigenvalue weighted by molar-refractivity contribution is 0.0533. The molecule has 1 aliphatic rings. The Labute approximate surface area is 115 Å². The average molecular weight is 320 g/mol. The fourth-order valence-electron chi connectivity index (χ4n) is 2.12. The van der Waals surface area contributed by atoms with Crippen LogP contribution in [-0.4, -0.2) is 19.3 Å². The van der Waals surface area contributed by atoms with Gasteiger partial charge in [-0.1, -0.05) is 6.07 Å². The zero-order chi connectivity index (χ0) is 12.4. The lowest BCUT2D eigenvalue weighted by Crippen LogP contribution is -2.14. The number of alkyl halides is 1. The lowest BCUT2D eigenvalue weighted by Gasteiger charge is -2.18. The molecule has 0 amide bonds. The maximum absolute atomic E-state index is 6.46. The van der Waals surface area contributed by atoms with Crippen LogP contribution in [-0.2, 0) is 4.74 Å². The van der Waals surface area contributed by atoms with Gasteiger partial charge in [0, 0.05) is 0 Å². The summed E-state index contributed by atoms with van der Waals surface area (Å²) in [6, 6.07) is 5.92. The Hall–Kier alpha value is -0.250. The predicted octanol–water partition coefficient (Wildman–Crippen LogP) is 4.31. The molecule has 1 heterocycles. The number of benzene rings is 1. The topological polar surface area (TPSA) is 18.5 Å². The minimum absolute atomic E-state index is 0.0952. The van der Waals surface area contributed by atoms with Gasteiger partial charge >= 0.3 is 0 Å². The third-order valence-corrected chi connectivity index (χ3v) is 4.24. The maximum Gasteiger partial charge on any atom is 0.133 e. The second-order valence-corrected chi connectivity index (χ2v) is 5.68. The fraction of sp³-hybridized carbons (Fsp3) is 0.538. The lowest BCUT2D eigenvalue weighted by atomic mass is 10.0. The molecule has 0 aromatic heterocycles. The van der Waals surface area contributed by atoms with Crippen molar-refractivity contribution in [2.45, 2.75) is 37.4 Å². The van der Waals surface area contributed by atoms with Crippen LogP contribution in [0.1, 0.15) is 30.7 Å². The molecule has 1 fully saturated rings. The van der Waals surface area contributed by atoms with E-state index < -0.39 is 0 Å². The molecular weight excluding hydrogens is 303 g/mol. The maximum atomic E-state index is 6.46. The smallest absolute Gasteiger partial charge is 0.133 e. The quantitative estimate of drug-likeness (QED) is 0.773. The second kappa shape index (κ2) is 5.59. The van der Waals surface area contributed by atoms with Crippen LogP contribution < -0.4 is 4.74 Å². The van der Waals surface area contributed by atoms with Crippen LogP contribution >= 0.6 is 27.5 Å². The molecule has 1 aromatic rings. The van der Waals surface area contributed by atoms with E-state index in [1.807, 2.05) is 18.2 Å². The van der Waals surface area contributed by atoms with E-state index in [1.165, 1.54) is 0 Å². The minimum atomic E-state index is -0.0952. The summed E-state index contributed by atoms with van der Waals surface area (Å²) in [6.45, 7) is 2.09. The zero-order valence-electron chi connectivity index (χ0n) is 9.95. The molecule has 1 saturated heterocycles. The molecule has 17 heavy (non-hydrogen) atoms. The van der Waals surface area contributed by atoms with Crippen molar-refractivity contribution in [2.75, 3.05) is 7.11 Å². The van der Waals surface area contributed by atoms with Gasteiger partial charge in [-0.2, -0.15) is 0 Å². The van der Waals surface area contributed by atoms with Crippen LogP contribution in [0.3, 0.4) is 0 Å². The summed E-state index contributed by atoms with van der Waals surface area (Å²) in [5.41, 5.74) is 1.07. The molecule has 0 saturated carbocycles. The van der Waals surface area contributed by atoms with Gasteiger partial charge in [-0.05, 0) is 53.4 Å². The van der Waals surface area contributed by atoms with Gasteiger partial charge in [0.2, 0.25) is 0 Å². The van der Waals surface area contributed by atoms with Crippen molar-refractivity contribution in [1.29, 1.82) is 0 Å². The van der Waals surface area contributed by atoms with Crippen molar-refractivity contribution < 1.29 is 9.47 Å². The van der Waals surface area contributed by atoms with E-state index in [1.54, 1.807) is 7.11 Å². The standard InChI is InChI=1S/C13H16BrClO2/c1-8-3-5-12(17-8)13(15)9-4-6-11(16-2)10(14)7-9/h4,6-8,12-13H,3,5H2,1-2H3. The molecule has 1 aromatic carbocycles. The highest BCUT2D eigenvalue weighted by atomic mass is 79.9. The number of methoxy groups -OCH3 is 1. The van der Waals surface area contributed by atoms with Crippen LogP contribution in [0.25, 0.3) is 0 Å². The first-order chi connectivity index (χ1) is 8.11. The van der Waals surface area contributed by atoms with Gasteiger partial charge in [0.1, 0.15) is 5.75 Å². The Morgan fingerprint density at radius 1 is 1.47 bits per heavy atom. The molecule has 94 valence electrons. The van der Waals surface area contributed by atoms with Crippen molar-refractivity contribution in [3.05, 3.63) is 28.2 Å². The number of hydrogen-bond acceptors (Lipinski definition) is 2. The molecular formula is C13H16BrClO2. The molecule has 3 atom stereocenters. The Morgan fingerprint density at radius 2 is 2.24 bits per heavy atom. The summed E-state index contributed by atoms with van der Waals surface area (Å²) in [4.78, 5) is 0. The van der Waals surface area contributed by atoms with Gasteiger partial charge in [-0.25, -0.2) is 0 Å². The molecule has 2 nitrogen and oxygen atoms in total. The van der Waals surface area contributed by atoms with Crippen LogP contribution in [0.5, 0.6) is 5.75 Å². The van der Waals surface area contributed by atoms with Crippen LogP contribution in [0.15, 0.2) is 22.7 Å².